The summed E-state index contributed by atoms with van der Waals surface area (Å²) in [4.78, 5) is 9.54. The van der Waals surface area contributed by atoms with Crippen molar-refractivity contribution < 1.29 is 5.11 Å². The van der Waals surface area contributed by atoms with Crippen LogP contribution in [0.1, 0.15) is 12.8 Å². The average molecular weight is 311 g/mol. The first-order valence-electron chi connectivity index (χ1n) is 6.01. The van der Waals surface area contributed by atoms with Crippen LogP contribution in [0.25, 0.3) is 11.0 Å². The van der Waals surface area contributed by atoms with Crippen LogP contribution in [0.3, 0.4) is 0 Å². The third-order valence-electron chi connectivity index (χ3n) is 3.37. The van der Waals surface area contributed by atoms with Gasteiger partial charge in [0.2, 0.25) is 0 Å². The molecule has 0 amide bonds. The van der Waals surface area contributed by atoms with Gasteiger partial charge in [-0.05, 0) is 28.8 Å². The number of nitrogens with one attached hydrogen (secondary N) is 1. The molecule has 3 heterocycles. The molecule has 2 aromatic rings. The lowest BCUT2D eigenvalue weighted by Crippen LogP contribution is -2.38. The molecule has 0 spiro atoms. The molecular weight excluding hydrogens is 296 g/mol. The maximum absolute atomic E-state index is 9.81. The highest BCUT2D eigenvalue weighted by Crippen LogP contribution is 2.37. The number of β-amino-alcohol motifs (C(OH)–C–C–N with tert-alkyl or cyclic N) is 1. The number of aliphatic hydroxyl groups is 1. The number of nitrogen functional groups attached to an aromatic ring is 1. The molecule has 1 aliphatic rings. The molecule has 0 unspecified atom stereocenters. The van der Waals surface area contributed by atoms with Gasteiger partial charge in [-0.15, -0.1) is 0 Å². The van der Waals surface area contributed by atoms with E-state index in [-0.39, 0.29) is 6.10 Å². The number of nitrogens with two attached hydrogens (primary N) is 1. The van der Waals surface area contributed by atoms with Gasteiger partial charge in [-0.3, -0.25) is 0 Å². The Kier molecular flexibility index (Phi) is 2.91. The van der Waals surface area contributed by atoms with Crippen LogP contribution in [0.5, 0.6) is 0 Å². The van der Waals surface area contributed by atoms with Crippen molar-refractivity contribution in [1.29, 1.82) is 0 Å². The van der Waals surface area contributed by atoms with E-state index < -0.39 is 0 Å². The summed E-state index contributed by atoms with van der Waals surface area (Å²) in [6, 6.07) is 0. The number of H-pyrrole nitrogens is 1. The van der Waals surface area contributed by atoms with Crippen molar-refractivity contribution in [3.63, 3.8) is 0 Å². The Morgan fingerprint density at radius 2 is 2.39 bits per heavy atom. The van der Waals surface area contributed by atoms with Crippen LogP contribution in [-0.4, -0.2) is 34.3 Å². The molecule has 0 aromatic carbocycles. The Labute approximate surface area is 113 Å². The summed E-state index contributed by atoms with van der Waals surface area (Å²) in [5.74, 6) is 0. The minimum absolute atomic E-state index is 0.269. The Bertz CT molecular complexity index is 583. The number of rotatable bonds is 1. The van der Waals surface area contributed by atoms with Crippen molar-refractivity contribution in [2.24, 2.45) is 0 Å². The number of fused-ring (bicyclic) bond motifs is 1. The van der Waals surface area contributed by atoms with Gasteiger partial charge in [-0.2, -0.15) is 0 Å². The standard InChI is InChI=1S/C12H15BrN4O/c13-8-4-15-12-10(9(14)5-16-12)11(8)17-3-1-2-7(18)6-17/h4-5,7,18H,1-3,6,14H2,(H,15,16)/t7-/m1/s1. The van der Waals surface area contributed by atoms with Crippen molar-refractivity contribution >= 4 is 38.3 Å². The first-order chi connectivity index (χ1) is 8.66. The minimum atomic E-state index is -0.269. The molecule has 4 N–H and O–H groups in total. The summed E-state index contributed by atoms with van der Waals surface area (Å²) in [5, 5.41) is 10.7. The lowest BCUT2D eigenvalue weighted by Gasteiger charge is -2.33. The number of aromatic amines is 1. The first-order valence-corrected chi connectivity index (χ1v) is 6.80. The number of pyridine rings is 1. The van der Waals surface area contributed by atoms with Crippen molar-refractivity contribution in [2.75, 3.05) is 23.7 Å². The van der Waals surface area contributed by atoms with Gasteiger partial charge in [0.1, 0.15) is 5.65 Å². The number of nitrogens with zero attached hydrogens (tertiary/aromatic N) is 2. The Morgan fingerprint density at radius 1 is 1.56 bits per heavy atom. The number of piperidine rings is 1. The lowest BCUT2D eigenvalue weighted by molar-refractivity contribution is 0.154. The Morgan fingerprint density at radius 3 is 3.17 bits per heavy atom. The van der Waals surface area contributed by atoms with E-state index in [2.05, 4.69) is 30.8 Å². The molecule has 1 aliphatic heterocycles. The normalized spacial score (nSPS) is 20.6. The molecule has 0 bridgehead atoms. The number of halogens is 1. The van der Waals surface area contributed by atoms with Gasteiger partial charge < -0.3 is 20.7 Å². The van der Waals surface area contributed by atoms with E-state index in [1.807, 2.05) is 0 Å². The SMILES string of the molecule is Nc1c[nH]c2ncc(Br)c(N3CCC[C@@H](O)C3)c12. The highest BCUT2D eigenvalue weighted by atomic mass is 79.9. The second-order valence-corrected chi connectivity index (χ2v) is 5.52. The second-order valence-electron chi connectivity index (χ2n) is 4.66. The maximum Gasteiger partial charge on any atom is 0.141 e. The van der Waals surface area contributed by atoms with Crippen LogP contribution in [0, 0.1) is 0 Å². The van der Waals surface area contributed by atoms with Gasteiger partial charge in [-0.25, -0.2) is 4.98 Å². The van der Waals surface area contributed by atoms with Gasteiger partial charge in [0.25, 0.3) is 0 Å². The number of aromatic nitrogens is 2. The van der Waals surface area contributed by atoms with Crippen molar-refractivity contribution in [3.05, 3.63) is 16.9 Å². The smallest absolute Gasteiger partial charge is 0.141 e. The number of hydrogen-bond donors (Lipinski definition) is 3. The predicted molar refractivity (Wildman–Crippen MR) is 75.7 cm³/mol. The van der Waals surface area contributed by atoms with E-state index in [4.69, 9.17) is 5.73 Å². The van der Waals surface area contributed by atoms with Crippen molar-refractivity contribution in [2.45, 2.75) is 18.9 Å². The van der Waals surface area contributed by atoms with E-state index in [1.54, 1.807) is 12.4 Å². The predicted octanol–water partition coefficient (Wildman–Crippen LogP) is 1.87. The fourth-order valence-electron chi connectivity index (χ4n) is 2.55. The van der Waals surface area contributed by atoms with Gasteiger partial charge in [-0.1, -0.05) is 0 Å². The number of aliphatic hydroxyl groups excluding tert-OH is 1. The molecule has 3 rings (SSSR count). The van der Waals surface area contributed by atoms with Crippen LogP contribution >= 0.6 is 15.9 Å². The molecule has 1 saturated heterocycles. The largest absolute Gasteiger partial charge is 0.397 e. The van der Waals surface area contributed by atoms with E-state index >= 15 is 0 Å². The second kappa shape index (κ2) is 4.44. The van der Waals surface area contributed by atoms with E-state index in [9.17, 15) is 5.11 Å². The molecule has 0 radical (unpaired) electrons. The summed E-state index contributed by atoms with van der Waals surface area (Å²) >= 11 is 3.54. The topological polar surface area (TPSA) is 78.2 Å². The molecule has 0 aliphatic carbocycles. The fraction of sp³-hybridized carbons (Fsp3) is 0.417. The Balaban J connectivity index is 2.14. The molecule has 1 fully saturated rings. The highest BCUT2D eigenvalue weighted by Gasteiger charge is 2.23. The van der Waals surface area contributed by atoms with Crippen LogP contribution in [0.15, 0.2) is 16.9 Å². The molecule has 5 nitrogen and oxygen atoms in total. The lowest BCUT2D eigenvalue weighted by atomic mass is 10.1. The van der Waals surface area contributed by atoms with Gasteiger partial charge >= 0.3 is 0 Å². The first kappa shape index (κ1) is 11.8. The van der Waals surface area contributed by atoms with E-state index in [1.165, 1.54) is 0 Å². The molecular formula is C12H15BrN4O. The molecule has 18 heavy (non-hydrogen) atoms. The Hall–Kier alpha value is -1.27. The zero-order valence-corrected chi connectivity index (χ0v) is 11.4. The van der Waals surface area contributed by atoms with E-state index in [0.29, 0.717) is 12.2 Å². The molecule has 1 atom stereocenters. The van der Waals surface area contributed by atoms with Gasteiger partial charge in [0.05, 0.1) is 27.3 Å². The summed E-state index contributed by atoms with van der Waals surface area (Å²) < 4.78 is 0.912. The quantitative estimate of drug-likeness (QED) is 0.751. The summed E-state index contributed by atoms with van der Waals surface area (Å²) in [7, 11) is 0. The van der Waals surface area contributed by atoms with Crippen LogP contribution in [-0.2, 0) is 0 Å². The van der Waals surface area contributed by atoms with Crippen LogP contribution < -0.4 is 10.6 Å². The zero-order chi connectivity index (χ0) is 12.7. The monoisotopic (exact) mass is 310 g/mol. The van der Waals surface area contributed by atoms with Gasteiger partial charge in [0.15, 0.2) is 0 Å². The average Bonchev–Trinajstić information content (AvgIpc) is 2.71. The number of anilines is 2. The van der Waals surface area contributed by atoms with E-state index in [0.717, 1.165) is 40.6 Å². The molecule has 96 valence electrons. The summed E-state index contributed by atoms with van der Waals surface area (Å²) in [6.45, 7) is 1.57. The molecule has 2 aromatic heterocycles. The van der Waals surface area contributed by atoms with Crippen LogP contribution in [0.2, 0.25) is 0 Å². The maximum atomic E-state index is 9.81. The molecule has 0 saturated carbocycles. The fourth-order valence-corrected chi connectivity index (χ4v) is 3.10. The summed E-state index contributed by atoms with van der Waals surface area (Å²) in [5.41, 5.74) is 8.50. The zero-order valence-electron chi connectivity index (χ0n) is 9.86. The minimum Gasteiger partial charge on any atom is -0.397 e. The van der Waals surface area contributed by atoms with Crippen LogP contribution in [0.4, 0.5) is 11.4 Å². The van der Waals surface area contributed by atoms with Crippen molar-refractivity contribution in [1.82, 2.24) is 9.97 Å². The van der Waals surface area contributed by atoms with Crippen molar-refractivity contribution in [3.8, 4) is 0 Å². The third kappa shape index (κ3) is 1.85. The number of hydrogen-bond acceptors (Lipinski definition) is 4. The molecule has 6 heteroatoms. The van der Waals surface area contributed by atoms with Gasteiger partial charge in [0, 0.05) is 25.5 Å². The third-order valence-corrected chi connectivity index (χ3v) is 3.95. The summed E-state index contributed by atoms with van der Waals surface area (Å²) in [6.07, 6.45) is 5.11. The highest BCUT2D eigenvalue weighted by molar-refractivity contribution is 9.10.